The van der Waals surface area contributed by atoms with E-state index >= 15 is 0 Å². The Kier molecular flexibility index (Phi) is 5.53. The Morgan fingerprint density at radius 1 is 1.24 bits per heavy atom. The third kappa shape index (κ3) is 3.85. The van der Waals surface area contributed by atoms with Crippen LogP contribution in [-0.2, 0) is 6.54 Å². The molecule has 0 spiro atoms. The summed E-state index contributed by atoms with van der Waals surface area (Å²) >= 11 is 0. The summed E-state index contributed by atoms with van der Waals surface area (Å²) in [6.07, 6.45) is 3.79. The highest BCUT2D eigenvalue weighted by atomic mass is 19.1. The van der Waals surface area contributed by atoms with E-state index in [-0.39, 0.29) is 23.4 Å². The highest BCUT2D eigenvalue weighted by Gasteiger charge is 2.28. The predicted molar refractivity (Wildman–Crippen MR) is 112 cm³/mol. The number of hydrogen-bond acceptors (Lipinski definition) is 3. The second kappa shape index (κ2) is 8.25. The quantitative estimate of drug-likeness (QED) is 0.691. The van der Waals surface area contributed by atoms with Gasteiger partial charge in [-0.25, -0.2) is 4.39 Å². The normalized spacial score (nSPS) is 16.5. The molecule has 1 amide bonds. The van der Waals surface area contributed by atoms with Crippen molar-refractivity contribution in [1.29, 1.82) is 0 Å². The van der Waals surface area contributed by atoms with Crippen LogP contribution in [-0.4, -0.2) is 42.1 Å². The largest absolute Gasteiger partial charge is 0.494 e. The van der Waals surface area contributed by atoms with Crippen molar-refractivity contribution in [3.8, 4) is 5.75 Å². The van der Waals surface area contributed by atoms with Crippen molar-refractivity contribution >= 4 is 16.8 Å². The smallest absolute Gasteiger partial charge is 0.253 e. The second-order valence-electron chi connectivity index (χ2n) is 7.56. The van der Waals surface area contributed by atoms with Crippen molar-refractivity contribution in [2.75, 3.05) is 26.7 Å². The monoisotopic (exact) mass is 395 g/mol. The van der Waals surface area contributed by atoms with E-state index in [1.807, 2.05) is 41.4 Å². The Morgan fingerprint density at radius 2 is 2.10 bits per heavy atom. The van der Waals surface area contributed by atoms with Crippen LogP contribution < -0.4 is 10.5 Å². The standard InChI is InChI=1S/C23H26FN3O2/c1-29-22-6-4-16(14-20(22)24)19-8-12-27(15-19)23(28)18-3-5-21-17(13-18)7-11-26(21)10-2-9-25/h3-7,11,13-14,19H,2,8-10,12,15,25H2,1H3. The van der Waals surface area contributed by atoms with E-state index in [4.69, 9.17) is 10.5 Å². The number of benzene rings is 2. The van der Waals surface area contributed by atoms with Gasteiger partial charge >= 0.3 is 0 Å². The molecule has 1 fully saturated rings. The highest BCUT2D eigenvalue weighted by Crippen LogP contribution is 2.31. The number of carbonyl (C=O) groups is 1. The number of aromatic nitrogens is 1. The van der Waals surface area contributed by atoms with Gasteiger partial charge in [-0.2, -0.15) is 0 Å². The average Bonchev–Trinajstić information content (AvgIpc) is 3.38. The lowest BCUT2D eigenvalue weighted by molar-refractivity contribution is 0.0791. The molecule has 1 unspecified atom stereocenters. The minimum absolute atomic E-state index is 0.0260. The number of rotatable bonds is 6. The van der Waals surface area contributed by atoms with Gasteiger partial charge in [-0.3, -0.25) is 4.79 Å². The summed E-state index contributed by atoms with van der Waals surface area (Å²) in [5, 5.41) is 1.06. The summed E-state index contributed by atoms with van der Waals surface area (Å²) in [7, 11) is 1.46. The Bertz CT molecular complexity index is 1030. The number of ether oxygens (including phenoxy) is 1. The molecule has 2 heterocycles. The summed E-state index contributed by atoms with van der Waals surface area (Å²) in [6.45, 7) is 2.80. The van der Waals surface area contributed by atoms with Crippen LogP contribution in [0, 0.1) is 5.82 Å². The van der Waals surface area contributed by atoms with E-state index in [0.717, 1.165) is 35.9 Å². The zero-order valence-electron chi connectivity index (χ0n) is 16.6. The third-order valence-corrected chi connectivity index (χ3v) is 5.74. The summed E-state index contributed by atoms with van der Waals surface area (Å²) in [4.78, 5) is 14.9. The van der Waals surface area contributed by atoms with Crippen LogP contribution >= 0.6 is 0 Å². The average molecular weight is 395 g/mol. The van der Waals surface area contributed by atoms with Gasteiger partial charge in [-0.1, -0.05) is 6.07 Å². The molecule has 0 bridgehead atoms. The van der Waals surface area contributed by atoms with Gasteiger partial charge in [-0.15, -0.1) is 0 Å². The Labute approximate surface area is 169 Å². The molecular formula is C23H26FN3O2. The van der Waals surface area contributed by atoms with Gasteiger partial charge in [0.05, 0.1) is 7.11 Å². The first kappa shape index (κ1) is 19.5. The number of aryl methyl sites for hydroxylation is 1. The first-order valence-electron chi connectivity index (χ1n) is 10.0. The van der Waals surface area contributed by atoms with Crippen LogP contribution in [0.1, 0.15) is 34.7 Å². The van der Waals surface area contributed by atoms with E-state index in [0.29, 0.717) is 25.2 Å². The van der Waals surface area contributed by atoms with Crippen molar-refractivity contribution in [2.45, 2.75) is 25.3 Å². The Balaban J connectivity index is 1.48. The molecule has 0 aliphatic carbocycles. The van der Waals surface area contributed by atoms with Crippen LogP contribution in [0.2, 0.25) is 0 Å². The molecule has 1 aliphatic rings. The number of nitrogens with zero attached hydrogens (tertiary/aromatic N) is 2. The molecule has 152 valence electrons. The molecule has 0 radical (unpaired) electrons. The second-order valence-corrected chi connectivity index (χ2v) is 7.56. The van der Waals surface area contributed by atoms with Gasteiger partial charge < -0.3 is 19.9 Å². The number of carbonyl (C=O) groups excluding carboxylic acids is 1. The van der Waals surface area contributed by atoms with E-state index in [9.17, 15) is 9.18 Å². The third-order valence-electron chi connectivity index (χ3n) is 5.74. The van der Waals surface area contributed by atoms with Crippen LogP contribution in [0.5, 0.6) is 5.75 Å². The van der Waals surface area contributed by atoms with Crippen LogP contribution in [0.25, 0.3) is 10.9 Å². The van der Waals surface area contributed by atoms with E-state index in [1.54, 1.807) is 6.07 Å². The molecule has 1 aliphatic heterocycles. The van der Waals surface area contributed by atoms with Crippen molar-refractivity contribution in [3.63, 3.8) is 0 Å². The summed E-state index contributed by atoms with van der Waals surface area (Å²) < 4.78 is 21.2. The first-order chi connectivity index (χ1) is 14.1. The van der Waals surface area contributed by atoms with Gasteiger partial charge in [0.15, 0.2) is 11.6 Å². The molecule has 4 rings (SSSR count). The van der Waals surface area contributed by atoms with Gasteiger partial charge in [0.1, 0.15) is 0 Å². The molecule has 0 saturated carbocycles. The molecule has 2 N–H and O–H groups in total. The van der Waals surface area contributed by atoms with Crippen LogP contribution in [0.15, 0.2) is 48.7 Å². The maximum atomic E-state index is 14.0. The molecule has 1 atom stereocenters. The van der Waals surface area contributed by atoms with Gasteiger partial charge in [0.2, 0.25) is 0 Å². The number of nitrogens with two attached hydrogens (primary N) is 1. The molecule has 6 heteroatoms. The first-order valence-corrected chi connectivity index (χ1v) is 10.0. The number of hydrogen-bond donors (Lipinski definition) is 1. The molecule has 29 heavy (non-hydrogen) atoms. The van der Waals surface area contributed by atoms with E-state index in [1.165, 1.54) is 13.2 Å². The number of likely N-dealkylation sites (tertiary alicyclic amines) is 1. The minimum Gasteiger partial charge on any atom is -0.494 e. The van der Waals surface area contributed by atoms with E-state index < -0.39 is 0 Å². The van der Waals surface area contributed by atoms with Crippen molar-refractivity contribution in [2.24, 2.45) is 5.73 Å². The summed E-state index contributed by atoms with van der Waals surface area (Å²) in [5.41, 5.74) is 8.32. The molecule has 5 nitrogen and oxygen atoms in total. The SMILES string of the molecule is COc1ccc(C2CCN(C(=O)c3ccc4c(ccn4CCCN)c3)C2)cc1F. The molecule has 2 aromatic carbocycles. The minimum atomic E-state index is -0.362. The fraction of sp³-hybridized carbons (Fsp3) is 0.348. The number of amides is 1. The van der Waals surface area contributed by atoms with E-state index in [2.05, 4.69) is 4.57 Å². The van der Waals surface area contributed by atoms with Gasteiger partial charge in [-0.05, 0) is 61.3 Å². The Morgan fingerprint density at radius 3 is 2.86 bits per heavy atom. The maximum Gasteiger partial charge on any atom is 0.253 e. The Hall–Kier alpha value is -2.86. The van der Waals surface area contributed by atoms with Gasteiger partial charge in [0.25, 0.3) is 5.91 Å². The van der Waals surface area contributed by atoms with Crippen molar-refractivity contribution < 1.29 is 13.9 Å². The van der Waals surface area contributed by atoms with Gasteiger partial charge in [0, 0.05) is 48.2 Å². The molecule has 3 aromatic rings. The zero-order valence-corrected chi connectivity index (χ0v) is 16.6. The predicted octanol–water partition coefficient (Wildman–Crippen LogP) is 3.77. The number of methoxy groups -OCH3 is 1. The fourth-order valence-corrected chi connectivity index (χ4v) is 4.13. The highest BCUT2D eigenvalue weighted by molar-refractivity contribution is 5.98. The number of halogens is 1. The maximum absolute atomic E-state index is 14.0. The fourth-order valence-electron chi connectivity index (χ4n) is 4.13. The molecular weight excluding hydrogens is 369 g/mol. The summed E-state index contributed by atoms with van der Waals surface area (Å²) in [6, 6.07) is 12.9. The molecule has 1 aromatic heterocycles. The van der Waals surface area contributed by atoms with Crippen LogP contribution in [0.3, 0.4) is 0 Å². The lowest BCUT2D eigenvalue weighted by Gasteiger charge is -2.17. The topological polar surface area (TPSA) is 60.5 Å². The zero-order chi connectivity index (χ0) is 20.4. The summed E-state index contributed by atoms with van der Waals surface area (Å²) in [5.74, 6) is 0.0456. The lowest BCUT2D eigenvalue weighted by Crippen LogP contribution is -2.28. The van der Waals surface area contributed by atoms with Crippen molar-refractivity contribution in [3.05, 3.63) is 65.6 Å². The van der Waals surface area contributed by atoms with Crippen molar-refractivity contribution in [1.82, 2.24) is 9.47 Å². The van der Waals surface area contributed by atoms with Crippen LogP contribution in [0.4, 0.5) is 4.39 Å². The molecule has 1 saturated heterocycles. The number of fused-ring (bicyclic) bond motifs is 1. The lowest BCUT2D eigenvalue weighted by atomic mass is 9.98.